The van der Waals surface area contributed by atoms with E-state index in [1.807, 2.05) is 0 Å². The van der Waals surface area contributed by atoms with E-state index < -0.39 is 17.7 Å². The van der Waals surface area contributed by atoms with Gasteiger partial charge in [0, 0.05) is 31.2 Å². The molecule has 1 fully saturated rings. The van der Waals surface area contributed by atoms with E-state index in [0.29, 0.717) is 19.8 Å². The molecular weight excluding hydrogens is 226 g/mol. The lowest BCUT2D eigenvalue weighted by Gasteiger charge is -2.29. The number of rotatable bonds is 3. The van der Waals surface area contributed by atoms with Gasteiger partial charge in [-0.1, -0.05) is 6.07 Å². The molecule has 1 aliphatic heterocycles. The molecule has 2 N–H and O–H groups in total. The van der Waals surface area contributed by atoms with E-state index in [-0.39, 0.29) is 5.56 Å². The second-order valence-corrected chi connectivity index (χ2v) is 4.15. The number of benzene rings is 1. The number of hydrogen-bond acceptors (Lipinski definition) is 3. The number of halogens is 2. The largest absolute Gasteiger partial charge is 0.379 e. The van der Waals surface area contributed by atoms with Gasteiger partial charge in [-0.2, -0.15) is 0 Å². The van der Waals surface area contributed by atoms with Crippen molar-refractivity contribution in [3.8, 4) is 0 Å². The first-order valence-corrected chi connectivity index (χ1v) is 5.68. The lowest BCUT2D eigenvalue weighted by Crippen LogP contribution is -2.40. The lowest BCUT2D eigenvalue weighted by atomic mass is 10.1. The van der Waals surface area contributed by atoms with Crippen LogP contribution in [-0.4, -0.2) is 37.7 Å². The van der Waals surface area contributed by atoms with E-state index in [1.165, 1.54) is 18.2 Å². The van der Waals surface area contributed by atoms with E-state index in [0.717, 1.165) is 13.1 Å². The zero-order valence-corrected chi connectivity index (χ0v) is 9.53. The van der Waals surface area contributed by atoms with Crippen LogP contribution in [0.15, 0.2) is 18.2 Å². The van der Waals surface area contributed by atoms with E-state index in [4.69, 9.17) is 10.5 Å². The molecule has 0 aromatic heterocycles. The Balaban J connectivity index is 2.05. The molecule has 94 valence electrons. The summed E-state index contributed by atoms with van der Waals surface area (Å²) in [4.78, 5) is 2.06. The van der Waals surface area contributed by atoms with Gasteiger partial charge >= 0.3 is 0 Å². The summed E-state index contributed by atoms with van der Waals surface area (Å²) in [6.07, 6.45) is 0. The van der Waals surface area contributed by atoms with Gasteiger partial charge < -0.3 is 10.5 Å². The van der Waals surface area contributed by atoms with Crippen molar-refractivity contribution in [1.82, 2.24) is 4.90 Å². The number of ether oxygens (including phenoxy) is 1. The fraction of sp³-hybridized carbons (Fsp3) is 0.500. The van der Waals surface area contributed by atoms with Gasteiger partial charge in [0.2, 0.25) is 0 Å². The van der Waals surface area contributed by atoms with Gasteiger partial charge in [-0.3, -0.25) is 4.90 Å². The molecule has 0 aliphatic carbocycles. The van der Waals surface area contributed by atoms with Crippen molar-refractivity contribution in [3.05, 3.63) is 35.4 Å². The number of nitrogens with two attached hydrogens (primary N) is 1. The maximum atomic E-state index is 13.5. The molecule has 5 heteroatoms. The predicted octanol–water partition coefficient (Wildman–Crippen LogP) is 1.30. The SMILES string of the molecule is NC(CN1CCOCC1)c1c(F)cccc1F. The van der Waals surface area contributed by atoms with Gasteiger partial charge in [-0.05, 0) is 12.1 Å². The summed E-state index contributed by atoms with van der Waals surface area (Å²) in [6.45, 7) is 3.24. The van der Waals surface area contributed by atoms with Crippen LogP contribution in [0.4, 0.5) is 8.78 Å². The van der Waals surface area contributed by atoms with Crippen molar-refractivity contribution in [2.75, 3.05) is 32.8 Å². The molecule has 1 aromatic rings. The summed E-state index contributed by atoms with van der Waals surface area (Å²) >= 11 is 0. The summed E-state index contributed by atoms with van der Waals surface area (Å²) in [5.41, 5.74) is 5.84. The Kier molecular flexibility index (Phi) is 4.04. The first-order chi connectivity index (χ1) is 8.18. The molecule has 17 heavy (non-hydrogen) atoms. The Labute approximate surface area is 99.2 Å². The first-order valence-electron chi connectivity index (χ1n) is 5.68. The molecule has 3 nitrogen and oxygen atoms in total. The molecule has 1 aliphatic rings. The summed E-state index contributed by atoms with van der Waals surface area (Å²) < 4.78 is 32.2. The Bertz CT molecular complexity index is 361. The third-order valence-corrected chi connectivity index (χ3v) is 2.93. The maximum Gasteiger partial charge on any atom is 0.130 e. The van der Waals surface area contributed by atoms with Crippen LogP contribution in [0.1, 0.15) is 11.6 Å². The van der Waals surface area contributed by atoms with Crippen molar-refractivity contribution in [3.63, 3.8) is 0 Å². The van der Waals surface area contributed by atoms with Crippen molar-refractivity contribution in [1.29, 1.82) is 0 Å². The van der Waals surface area contributed by atoms with Gasteiger partial charge in [0.25, 0.3) is 0 Å². The van der Waals surface area contributed by atoms with Crippen molar-refractivity contribution >= 4 is 0 Å². The normalized spacial score (nSPS) is 19.2. The topological polar surface area (TPSA) is 38.5 Å². The Morgan fingerprint density at radius 2 is 1.82 bits per heavy atom. The first kappa shape index (κ1) is 12.4. The summed E-state index contributed by atoms with van der Waals surface area (Å²) in [6, 6.07) is 3.17. The number of morpholine rings is 1. The smallest absolute Gasteiger partial charge is 0.130 e. The highest BCUT2D eigenvalue weighted by Gasteiger charge is 2.20. The van der Waals surface area contributed by atoms with Crippen molar-refractivity contribution < 1.29 is 13.5 Å². The van der Waals surface area contributed by atoms with E-state index in [9.17, 15) is 8.78 Å². The van der Waals surface area contributed by atoms with Gasteiger partial charge in [0.15, 0.2) is 0 Å². The highest BCUT2D eigenvalue weighted by Crippen LogP contribution is 2.20. The molecule has 1 heterocycles. The second-order valence-electron chi connectivity index (χ2n) is 4.15. The number of hydrogen-bond donors (Lipinski definition) is 1. The third-order valence-electron chi connectivity index (χ3n) is 2.93. The quantitative estimate of drug-likeness (QED) is 0.868. The van der Waals surface area contributed by atoms with Gasteiger partial charge in [0.05, 0.1) is 13.2 Å². The predicted molar refractivity (Wildman–Crippen MR) is 60.5 cm³/mol. The van der Waals surface area contributed by atoms with Crippen LogP contribution in [0, 0.1) is 11.6 Å². The zero-order chi connectivity index (χ0) is 12.3. The van der Waals surface area contributed by atoms with E-state index in [1.54, 1.807) is 0 Å². The van der Waals surface area contributed by atoms with Crippen LogP contribution in [0.3, 0.4) is 0 Å². The Morgan fingerprint density at radius 1 is 1.24 bits per heavy atom. The van der Waals surface area contributed by atoms with Gasteiger partial charge in [-0.25, -0.2) is 8.78 Å². The minimum atomic E-state index is -0.644. The maximum absolute atomic E-state index is 13.5. The molecule has 2 rings (SSSR count). The van der Waals surface area contributed by atoms with Gasteiger partial charge in [0.1, 0.15) is 11.6 Å². The van der Waals surface area contributed by atoms with Crippen LogP contribution in [0.2, 0.25) is 0 Å². The van der Waals surface area contributed by atoms with E-state index in [2.05, 4.69) is 4.90 Å². The molecular formula is C12H16F2N2O. The van der Waals surface area contributed by atoms with Crippen molar-refractivity contribution in [2.24, 2.45) is 5.73 Å². The van der Waals surface area contributed by atoms with Crippen LogP contribution >= 0.6 is 0 Å². The average Bonchev–Trinajstić information content (AvgIpc) is 2.30. The van der Waals surface area contributed by atoms with E-state index >= 15 is 0 Å². The van der Waals surface area contributed by atoms with Crippen LogP contribution in [0.5, 0.6) is 0 Å². The molecule has 0 saturated carbocycles. The Morgan fingerprint density at radius 3 is 2.41 bits per heavy atom. The fourth-order valence-corrected chi connectivity index (χ4v) is 2.02. The summed E-state index contributed by atoms with van der Waals surface area (Å²) in [5.74, 6) is -1.16. The number of nitrogens with zero attached hydrogens (tertiary/aromatic N) is 1. The van der Waals surface area contributed by atoms with Crippen LogP contribution < -0.4 is 5.73 Å². The monoisotopic (exact) mass is 242 g/mol. The molecule has 0 radical (unpaired) electrons. The molecule has 1 saturated heterocycles. The molecule has 0 bridgehead atoms. The highest BCUT2D eigenvalue weighted by atomic mass is 19.1. The Hall–Kier alpha value is -1.04. The lowest BCUT2D eigenvalue weighted by molar-refractivity contribution is 0.0350. The van der Waals surface area contributed by atoms with Crippen molar-refractivity contribution in [2.45, 2.75) is 6.04 Å². The standard InChI is InChI=1S/C12H16F2N2O/c13-9-2-1-3-10(14)12(9)11(15)8-16-4-6-17-7-5-16/h1-3,11H,4-8,15H2. The molecule has 0 amide bonds. The fourth-order valence-electron chi connectivity index (χ4n) is 2.02. The molecule has 1 aromatic carbocycles. The van der Waals surface area contributed by atoms with Gasteiger partial charge in [-0.15, -0.1) is 0 Å². The zero-order valence-electron chi connectivity index (χ0n) is 9.53. The summed E-state index contributed by atoms with van der Waals surface area (Å²) in [5, 5.41) is 0. The molecule has 1 unspecified atom stereocenters. The molecule has 0 spiro atoms. The summed E-state index contributed by atoms with van der Waals surface area (Å²) in [7, 11) is 0. The van der Waals surface area contributed by atoms with Crippen LogP contribution in [-0.2, 0) is 4.74 Å². The molecule has 1 atom stereocenters. The minimum Gasteiger partial charge on any atom is -0.379 e. The van der Waals surface area contributed by atoms with Crippen LogP contribution in [0.25, 0.3) is 0 Å². The average molecular weight is 242 g/mol. The minimum absolute atomic E-state index is 0.0287. The second kappa shape index (κ2) is 5.53. The highest BCUT2D eigenvalue weighted by molar-refractivity contribution is 5.23. The third kappa shape index (κ3) is 3.00.